The molecule has 0 saturated carbocycles. The summed E-state index contributed by atoms with van der Waals surface area (Å²) in [7, 11) is 0. The summed E-state index contributed by atoms with van der Waals surface area (Å²) in [6.45, 7) is 6.06. The van der Waals surface area contributed by atoms with Crippen molar-refractivity contribution in [3.8, 4) is 0 Å². The smallest absolute Gasteiger partial charge is 0.425 e. The summed E-state index contributed by atoms with van der Waals surface area (Å²) in [5.41, 5.74) is 19.3. The van der Waals surface area contributed by atoms with E-state index >= 15 is 0 Å². The minimum atomic E-state index is -0.473. The summed E-state index contributed by atoms with van der Waals surface area (Å²) in [6.07, 6.45) is 10.3. The Kier molecular flexibility index (Phi) is 22.7. The second-order valence-corrected chi connectivity index (χ2v) is 15.7. The molecule has 0 unspecified atom stereocenters. The first-order valence-corrected chi connectivity index (χ1v) is 22.0. The van der Waals surface area contributed by atoms with Gasteiger partial charge in [-0.15, -0.1) is 24.8 Å². The Morgan fingerprint density at radius 2 is 0.806 bits per heavy atom. The van der Waals surface area contributed by atoms with Gasteiger partial charge in [-0.3, -0.25) is 20.8 Å². The molecule has 2 fully saturated rings. The van der Waals surface area contributed by atoms with Crippen molar-refractivity contribution >= 4 is 71.1 Å². The lowest BCUT2D eigenvalue weighted by Crippen LogP contribution is -2.37. The molecular formula is C50H62Cl2N10O5. The fourth-order valence-corrected chi connectivity index (χ4v) is 7.60. The maximum atomic E-state index is 12.2. The molecule has 2 aliphatic heterocycles. The molecule has 0 spiro atoms. The average Bonchev–Trinajstić information content (AvgIpc) is 3.37. The van der Waals surface area contributed by atoms with Gasteiger partial charge in [0.15, 0.2) is 0 Å². The van der Waals surface area contributed by atoms with Gasteiger partial charge in [0, 0.05) is 75.4 Å². The van der Waals surface area contributed by atoms with Crippen LogP contribution in [0.3, 0.4) is 0 Å². The Morgan fingerprint density at radius 3 is 1.16 bits per heavy atom. The molecule has 0 radical (unpaired) electrons. The van der Waals surface area contributed by atoms with Crippen molar-refractivity contribution in [3.63, 3.8) is 0 Å². The van der Waals surface area contributed by atoms with Crippen LogP contribution in [-0.4, -0.2) is 67.0 Å². The number of ether oxygens (including phenoxy) is 2. The van der Waals surface area contributed by atoms with Gasteiger partial charge in [-0.05, 0) is 97.2 Å². The van der Waals surface area contributed by atoms with Crippen LogP contribution in [-0.2, 0) is 22.6 Å². The van der Waals surface area contributed by atoms with Crippen molar-refractivity contribution in [2.24, 2.45) is 11.8 Å². The number of anilines is 6. The number of aromatic nitrogens is 2. The van der Waals surface area contributed by atoms with Gasteiger partial charge in [-0.25, -0.2) is 20.4 Å². The molecule has 4 heterocycles. The van der Waals surface area contributed by atoms with Crippen LogP contribution in [0.4, 0.5) is 43.7 Å². The predicted octanol–water partition coefficient (Wildman–Crippen LogP) is 9.35. The van der Waals surface area contributed by atoms with Crippen LogP contribution in [0, 0.1) is 11.8 Å². The molecule has 2 saturated heterocycles. The number of pyridine rings is 2. The molecule has 2 aromatic heterocycles. The third-order valence-corrected chi connectivity index (χ3v) is 11.3. The number of benzene rings is 4. The van der Waals surface area contributed by atoms with Gasteiger partial charge in [-0.1, -0.05) is 84.9 Å². The molecule has 67 heavy (non-hydrogen) atoms. The second kappa shape index (κ2) is 28.9. The molecule has 356 valence electrons. The van der Waals surface area contributed by atoms with Gasteiger partial charge in [0.05, 0.1) is 36.0 Å². The van der Waals surface area contributed by atoms with Crippen LogP contribution in [0.25, 0.3) is 0 Å². The molecule has 4 aromatic carbocycles. The molecule has 17 heteroatoms. The van der Waals surface area contributed by atoms with E-state index in [0.717, 1.165) is 74.6 Å². The van der Waals surface area contributed by atoms with E-state index < -0.39 is 12.2 Å². The number of carbonyl (C=O) groups excluding carboxylic acids is 2. The summed E-state index contributed by atoms with van der Waals surface area (Å²) < 4.78 is 10.9. The predicted molar refractivity (Wildman–Crippen MR) is 273 cm³/mol. The topological polar surface area (TPSA) is 189 Å². The Labute approximate surface area is 405 Å². The average molecular weight is 954 g/mol. The molecule has 8 rings (SSSR count). The van der Waals surface area contributed by atoms with E-state index in [9.17, 15) is 9.59 Å². The van der Waals surface area contributed by atoms with Crippen LogP contribution in [0.5, 0.6) is 0 Å². The number of carbonyl (C=O) groups is 2. The minimum Gasteiger partial charge on any atom is -0.448 e. The minimum absolute atomic E-state index is 0. The van der Waals surface area contributed by atoms with Gasteiger partial charge < -0.3 is 35.4 Å². The van der Waals surface area contributed by atoms with Crippen LogP contribution < -0.4 is 42.1 Å². The van der Waals surface area contributed by atoms with Gasteiger partial charge in [0.2, 0.25) is 0 Å². The van der Waals surface area contributed by atoms with E-state index in [1.165, 1.54) is 22.5 Å². The SMILES string of the molecule is Cl.Cl.O.O=C(NNc1ccccc1NCc1ccccc1)OCC1CCN(c2ccncc2)CC1.O=C(NNc1ccccc1NCc1ccccc1)OCC1CCN(c2ccncc2)CC1. The second-order valence-electron chi connectivity index (χ2n) is 15.7. The number of nitrogens with zero attached hydrogens (tertiary/aromatic N) is 4. The number of hydrazine groups is 2. The first-order valence-electron chi connectivity index (χ1n) is 22.0. The van der Waals surface area contributed by atoms with Crippen molar-refractivity contribution < 1.29 is 24.5 Å². The van der Waals surface area contributed by atoms with Gasteiger partial charge >= 0.3 is 12.2 Å². The lowest BCUT2D eigenvalue weighted by atomic mass is 9.97. The van der Waals surface area contributed by atoms with Crippen LogP contribution in [0.1, 0.15) is 36.8 Å². The molecule has 0 bridgehead atoms. The van der Waals surface area contributed by atoms with Crippen LogP contribution in [0.15, 0.2) is 158 Å². The Hall–Kier alpha value is -6.94. The van der Waals surface area contributed by atoms with E-state index in [2.05, 4.69) is 76.4 Å². The summed E-state index contributed by atoms with van der Waals surface area (Å²) >= 11 is 0. The molecule has 8 N–H and O–H groups in total. The van der Waals surface area contributed by atoms with Gasteiger partial charge in [0.1, 0.15) is 0 Å². The third kappa shape index (κ3) is 17.4. The molecule has 15 nitrogen and oxygen atoms in total. The molecule has 6 aromatic rings. The fourth-order valence-electron chi connectivity index (χ4n) is 7.60. The quantitative estimate of drug-likeness (QED) is 0.0506. The Balaban J connectivity index is 0.000000280. The maximum absolute atomic E-state index is 12.2. The van der Waals surface area contributed by atoms with E-state index in [-0.39, 0.29) is 30.3 Å². The molecule has 0 aliphatic carbocycles. The van der Waals surface area contributed by atoms with Crippen LogP contribution >= 0.6 is 24.8 Å². The number of rotatable bonds is 16. The monoisotopic (exact) mass is 952 g/mol. The standard InChI is InChI=1S/2C25H29N5O2.2ClH.H2O/c2*31-25(32-19-21-12-16-30(17-13-21)22-10-14-26-15-11-22)29-28-24-9-5-4-8-23(24)27-18-20-6-2-1-3-7-20;;;/h2*1-11,14-15,21,27-28H,12-13,16-19H2,(H,29,31);2*1H;1H2. The van der Waals surface area contributed by atoms with E-state index in [4.69, 9.17) is 9.47 Å². The van der Waals surface area contributed by atoms with Crippen molar-refractivity contribution in [3.05, 3.63) is 169 Å². The first-order chi connectivity index (χ1) is 31.6. The summed E-state index contributed by atoms with van der Waals surface area (Å²) in [6, 6.07) is 43.9. The van der Waals surface area contributed by atoms with E-state index in [0.29, 0.717) is 38.1 Å². The van der Waals surface area contributed by atoms with Crippen LogP contribution in [0.2, 0.25) is 0 Å². The highest BCUT2D eigenvalue weighted by Gasteiger charge is 2.22. The maximum Gasteiger partial charge on any atom is 0.425 e. The lowest BCUT2D eigenvalue weighted by molar-refractivity contribution is 0.121. The fraction of sp³-hybridized carbons (Fsp3) is 0.280. The molecule has 2 amide bonds. The number of halogens is 2. The zero-order valence-corrected chi connectivity index (χ0v) is 39.0. The van der Waals surface area contributed by atoms with E-state index in [1.807, 2.05) is 134 Å². The van der Waals surface area contributed by atoms with Gasteiger partial charge in [-0.2, -0.15) is 0 Å². The Bertz CT molecular complexity index is 2130. The third-order valence-electron chi connectivity index (χ3n) is 11.3. The highest BCUT2D eigenvalue weighted by atomic mass is 35.5. The summed E-state index contributed by atoms with van der Waals surface area (Å²) in [4.78, 5) is 37.2. The number of hydrogen-bond donors (Lipinski definition) is 6. The number of para-hydroxylation sites is 4. The zero-order chi connectivity index (χ0) is 44.0. The molecule has 0 atom stereocenters. The zero-order valence-electron chi connectivity index (χ0n) is 37.4. The number of hydrogen-bond acceptors (Lipinski definition) is 12. The van der Waals surface area contributed by atoms with Crippen molar-refractivity contribution in [1.29, 1.82) is 0 Å². The number of amides is 2. The number of piperidine rings is 2. The Morgan fingerprint density at radius 1 is 0.478 bits per heavy atom. The molecular weight excluding hydrogens is 892 g/mol. The highest BCUT2D eigenvalue weighted by molar-refractivity contribution is 5.85. The normalized spacial score (nSPS) is 13.3. The lowest BCUT2D eigenvalue weighted by Gasteiger charge is -2.33. The largest absolute Gasteiger partial charge is 0.448 e. The number of nitrogens with one attached hydrogen (secondary N) is 6. The van der Waals surface area contributed by atoms with Crippen molar-refractivity contribution in [1.82, 2.24) is 20.8 Å². The van der Waals surface area contributed by atoms with Gasteiger partial charge in [0.25, 0.3) is 0 Å². The molecule has 2 aliphatic rings. The highest BCUT2D eigenvalue weighted by Crippen LogP contribution is 2.26. The summed E-state index contributed by atoms with van der Waals surface area (Å²) in [5, 5.41) is 6.78. The summed E-state index contributed by atoms with van der Waals surface area (Å²) in [5.74, 6) is 0.748. The first kappa shape index (κ1) is 52.7. The van der Waals surface area contributed by atoms with E-state index in [1.54, 1.807) is 0 Å². The van der Waals surface area contributed by atoms with Crippen molar-refractivity contribution in [2.75, 3.05) is 70.7 Å². The van der Waals surface area contributed by atoms with Crippen molar-refractivity contribution in [2.45, 2.75) is 38.8 Å².